The molecule has 6 nitrogen and oxygen atoms in total. The lowest BCUT2D eigenvalue weighted by molar-refractivity contribution is 0.120. The number of rotatable bonds is 5. The monoisotopic (exact) mass is 299 g/mol. The van der Waals surface area contributed by atoms with E-state index in [0.29, 0.717) is 38.0 Å². The van der Waals surface area contributed by atoms with Crippen molar-refractivity contribution in [2.45, 2.75) is 49.6 Å². The Bertz CT molecular complexity index is 540. The third-order valence-corrected chi connectivity index (χ3v) is 4.94. The fourth-order valence-corrected chi connectivity index (χ4v) is 3.65. The number of sulfonamides is 1. The number of aromatic nitrogens is 1. The molecule has 0 aliphatic heterocycles. The summed E-state index contributed by atoms with van der Waals surface area (Å²) >= 11 is 0. The highest BCUT2D eigenvalue weighted by Gasteiger charge is 2.24. The van der Waals surface area contributed by atoms with Crippen LogP contribution in [0.5, 0.6) is 0 Å². The van der Waals surface area contributed by atoms with Crippen LogP contribution >= 0.6 is 0 Å². The number of aliphatic hydroxyl groups is 1. The maximum absolute atomic E-state index is 12.3. The number of anilines is 1. The van der Waals surface area contributed by atoms with Gasteiger partial charge in [-0.05, 0) is 38.7 Å². The van der Waals surface area contributed by atoms with Gasteiger partial charge in [-0.3, -0.25) is 0 Å². The molecule has 1 aromatic rings. The minimum Gasteiger partial charge on any atom is -0.393 e. The summed E-state index contributed by atoms with van der Waals surface area (Å²) in [6.45, 7) is 2.61. The number of hydrogen-bond donors (Lipinski definition) is 3. The van der Waals surface area contributed by atoms with Gasteiger partial charge in [0.05, 0.1) is 11.0 Å². The van der Waals surface area contributed by atoms with Crippen LogP contribution in [0.1, 0.15) is 32.6 Å². The first-order chi connectivity index (χ1) is 9.51. The van der Waals surface area contributed by atoms with Crippen molar-refractivity contribution in [3.05, 3.63) is 18.3 Å². The molecule has 20 heavy (non-hydrogen) atoms. The standard InChI is InChI=1S/C13H21N3O3S/c1-2-14-13-9-12(7-8-15-13)20(18,19)16-10-3-5-11(17)6-4-10/h7-11,16-17H,2-6H2,1H3,(H,14,15). The Morgan fingerprint density at radius 2 is 2.05 bits per heavy atom. The predicted molar refractivity (Wildman–Crippen MR) is 77.0 cm³/mol. The molecule has 0 spiro atoms. The third-order valence-electron chi connectivity index (χ3n) is 3.42. The van der Waals surface area contributed by atoms with Gasteiger partial charge in [0.1, 0.15) is 5.82 Å². The van der Waals surface area contributed by atoms with Crippen LogP contribution in [0.4, 0.5) is 5.82 Å². The van der Waals surface area contributed by atoms with E-state index in [4.69, 9.17) is 0 Å². The van der Waals surface area contributed by atoms with Crippen LogP contribution in [0.3, 0.4) is 0 Å². The topological polar surface area (TPSA) is 91.3 Å². The van der Waals surface area contributed by atoms with E-state index in [9.17, 15) is 13.5 Å². The van der Waals surface area contributed by atoms with E-state index in [0.717, 1.165) is 0 Å². The van der Waals surface area contributed by atoms with Gasteiger partial charge in [0.2, 0.25) is 10.0 Å². The summed E-state index contributed by atoms with van der Waals surface area (Å²) in [4.78, 5) is 4.28. The van der Waals surface area contributed by atoms with Gasteiger partial charge in [0.25, 0.3) is 0 Å². The fourth-order valence-electron chi connectivity index (χ4n) is 2.34. The Morgan fingerprint density at radius 1 is 1.35 bits per heavy atom. The van der Waals surface area contributed by atoms with Crippen molar-refractivity contribution in [2.75, 3.05) is 11.9 Å². The summed E-state index contributed by atoms with van der Waals surface area (Å²) in [5.41, 5.74) is 0. The van der Waals surface area contributed by atoms with Gasteiger partial charge in [-0.1, -0.05) is 0 Å². The second-order valence-electron chi connectivity index (χ2n) is 5.03. The van der Waals surface area contributed by atoms with Crippen molar-refractivity contribution in [3.63, 3.8) is 0 Å². The molecule has 1 aliphatic rings. The third kappa shape index (κ3) is 3.91. The lowest BCUT2D eigenvalue weighted by Gasteiger charge is -2.26. The number of aliphatic hydroxyl groups excluding tert-OH is 1. The molecule has 0 atom stereocenters. The van der Waals surface area contributed by atoms with Crippen LogP contribution in [0, 0.1) is 0 Å². The molecule has 0 radical (unpaired) electrons. The molecule has 7 heteroatoms. The molecule has 2 rings (SSSR count). The second-order valence-corrected chi connectivity index (χ2v) is 6.75. The van der Waals surface area contributed by atoms with E-state index in [2.05, 4.69) is 15.0 Å². The van der Waals surface area contributed by atoms with Crippen molar-refractivity contribution in [3.8, 4) is 0 Å². The normalized spacial score (nSPS) is 23.5. The minimum absolute atomic E-state index is 0.0980. The smallest absolute Gasteiger partial charge is 0.241 e. The van der Waals surface area contributed by atoms with Crippen LogP contribution in [0.15, 0.2) is 23.2 Å². The summed E-state index contributed by atoms with van der Waals surface area (Å²) in [6.07, 6.45) is 3.82. The Kier molecular flexibility index (Phi) is 4.95. The maximum Gasteiger partial charge on any atom is 0.241 e. The second kappa shape index (κ2) is 6.51. The largest absolute Gasteiger partial charge is 0.393 e. The van der Waals surface area contributed by atoms with Gasteiger partial charge >= 0.3 is 0 Å². The number of nitrogens with one attached hydrogen (secondary N) is 2. The molecule has 0 aromatic carbocycles. The van der Waals surface area contributed by atoms with Crippen LogP contribution in [0.25, 0.3) is 0 Å². The SMILES string of the molecule is CCNc1cc(S(=O)(=O)NC2CCC(O)CC2)ccn1. The molecule has 1 aromatic heterocycles. The molecule has 0 amide bonds. The molecule has 112 valence electrons. The lowest BCUT2D eigenvalue weighted by atomic mass is 9.94. The zero-order valence-corrected chi connectivity index (χ0v) is 12.4. The van der Waals surface area contributed by atoms with Crippen LogP contribution in [0.2, 0.25) is 0 Å². The molecule has 0 saturated heterocycles. The van der Waals surface area contributed by atoms with Crippen molar-refractivity contribution < 1.29 is 13.5 Å². The zero-order valence-electron chi connectivity index (χ0n) is 11.5. The summed E-state index contributed by atoms with van der Waals surface area (Å²) in [6, 6.07) is 2.92. The summed E-state index contributed by atoms with van der Waals surface area (Å²) in [7, 11) is -3.53. The van der Waals surface area contributed by atoms with Gasteiger partial charge in [0.15, 0.2) is 0 Å². The minimum atomic E-state index is -3.53. The highest BCUT2D eigenvalue weighted by atomic mass is 32.2. The Balaban J connectivity index is 2.08. The van der Waals surface area contributed by atoms with Gasteiger partial charge in [-0.2, -0.15) is 0 Å². The summed E-state index contributed by atoms with van der Waals surface area (Å²) in [5, 5.41) is 12.4. The average Bonchev–Trinajstić information content (AvgIpc) is 2.42. The van der Waals surface area contributed by atoms with Crippen LogP contribution in [-0.4, -0.2) is 37.2 Å². The number of nitrogens with zero attached hydrogens (tertiary/aromatic N) is 1. The molecule has 0 unspecified atom stereocenters. The lowest BCUT2D eigenvalue weighted by Crippen LogP contribution is -2.38. The van der Waals surface area contributed by atoms with E-state index < -0.39 is 10.0 Å². The molecular formula is C13H21N3O3S. The van der Waals surface area contributed by atoms with Gasteiger partial charge in [-0.25, -0.2) is 18.1 Å². The zero-order chi connectivity index (χ0) is 14.6. The van der Waals surface area contributed by atoms with E-state index in [1.807, 2.05) is 6.92 Å². The average molecular weight is 299 g/mol. The molecule has 1 saturated carbocycles. The van der Waals surface area contributed by atoms with Crippen molar-refractivity contribution in [1.29, 1.82) is 0 Å². The van der Waals surface area contributed by atoms with Gasteiger partial charge in [-0.15, -0.1) is 0 Å². The first-order valence-corrected chi connectivity index (χ1v) is 8.40. The van der Waals surface area contributed by atoms with Crippen LogP contribution < -0.4 is 10.0 Å². The predicted octanol–water partition coefficient (Wildman–Crippen LogP) is 1.10. The molecular weight excluding hydrogens is 278 g/mol. The fraction of sp³-hybridized carbons (Fsp3) is 0.615. The Labute approximate surface area is 119 Å². The molecule has 3 N–H and O–H groups in total. The molecule has 1 heterocycles. The van der Waals surface area contributed by atoms with Crippen molar-refractivity contribution >= 4 is 15.8 Å². The first-order valence-electron chi connectivity index (χ1n) is 6.91. The van der Waals surface area contributed by atoms with E-state index in [1.54, 1.807) is 0 Å². The molecule has 0 bridgehead atoms. The van der Waals surface area contributed by atoms with E-state index >= 15 is 0 Å². The first kappa shape index (κ1) is 15.2. The molecule has 1 aliphatic carbocycles. The van der Waals surface area contributed by atoms with E-state index in [-0.39, 0.29) is 17.0 Å². The summed E-state index contributed by atoms with van der Waals surface area (Å²) < 4.78 is 27.3. The number of hydrogen-bond acceptors (Lipinski definition) is 5. The quantitative estimate of drug-likeness (QED) is 0.757. The summed E-state index contributed by atoms with van der Waals surface area (Å²) in [5.74, 6) is 0.550. The van der Waals surface area contributed by atoms with E-state index in [1.165, 1.54) is 18.3 Å². The van der Waals surface area contributed by atoms with Gasteiger partial charge in [0, 0.05) is 24.8 Å². The maximum atomic E-state index is 12.3. The van der Waals surface area contributed by atoms with Gasteiger partial charge < -0.3 is 10.4 Å². The van der Waals surface area contributed by atoms with Crippen molar-refractivity contribution in [1.82, 2.24) is 9.71 Å². The highest BCUT2D eigenvalue weighted by Crippen LogP contribution is 2.21. The molecule has 1 fully saturated rings. The highest BCUT2D eigenvalue weighted by molar-refractivity contribution is 7.89. The van der Waals surface area contributed by atoms with Crippen molar-refractivity contribution in [2.24, 2.45) is 0 Å². The Hall–Kier alpha value is -1.18. The van der Waals surface area contributed by atoms with Crippen LogP contribution in [-0.2, 0) is 10.0 Å². The Morgan fingerprint density at radius 3 is 2.70 bits per heavy atom. The number of pyridine rings is 1.